The number of nitrogens with one attached hydrogen (secondary N) is 2. The van der Waals surface area contributed by atoms with Crippen molar-refractivity contribution in [2.75, 3.05) is 6.54 Å². The molecule has 1 aliphatic heterocycles. The monoisotopic (exact) mass is 461 g/mol. The first kappa shape index (κ1) is 24.2. The number of alkyl halides is 3. The van der Waals surface area contributed by atoms with Crippen LogP contribution in [0.1, 0.15) is 41.5 Å². The quantitative estimate of drug-likeness (QED) is 0.373. The van der Waals surface area contributed by atoms with E-state index in [-0.39, 0.29) is 37.2 Å². The molecule has 10 heteroatoms. The molecule has 0 aromatic heterocycles. The highest BCUT2D eigenvalue weighted by molar-refractivity contribution is 5.94. The minimum absolute atomic E-state index is 0.0546. The van der Waals surface area contributed by atoms with E-state index in [1.165, 1.54) is 6.07 Å². The molecule has 2 unspecified atom stereocenters. The molecular weight excluding hydrogens is 435 g/mol. The van der Waals surface area contributed by atoms with E-state index in [0.29, 0.717) is 11.1 Å². The second-order valence-corrected chi connectivity index (χ2v) is 8.18. The van der Waals surface area contributed by atoms with Crippen LogP contribution in [0.15, 0.2) is 48.5 Å². The maximum absolute atomic E-state index is 13.1. The van der Waals surface area contributed by atoms with E-state index in [1.807, 2.05) is 0 Å². The fraction of sp³-hybridized carbons (Fsp3) is 0.348. The average Bonchev–Trinajstić information content (AvgIpc) is 3.22. The van der Waals surface area contributed by atoms with Crippen molar-refractivity contribution in [3.8, 4) is 0 Å². The summed E-state index contributed by atoms with van der Waals surface area (Å²) >= 11 is 0. The Hall–Kier alpha value is -3.40. The van der Waals surface area contributed by atoms with Gasteiger partial charge in [0.15, 0.2) is 0 Å². The Morgan fingerprint density at radius 3 is 2.42 bits per heavy atom. The van der Waals surface area contributed by atoms with Crippen LogP contribution < -0.4 is 16.8 Å². The number of benzene rings is 2. The number of amides is 2. The van der Waals surface area contributed by atoms with Gasteiger partial charge in [0.1, 0.15) is 5.84 Å². The molecule has 3 rings (SSSR count). The molecule has 1 heterocycles. The fourth-order valence-electron chi connectivity index (χ4n) is 4.07. The van der Waals surface area contributed by atoms with Gasteiger partial charge in [0.05, 0.1) is 17.6 Å². The minimum atomic E-state index is -4.47. The highest BCUT2D eigenvalue weighted by Gasteiger charge is 2.41. The summed E-state index contributed by atoms with van der Waals surface area (Å²) in [7, 11) is 0. The van der Waals surface area contributed by atoms with E-state index in [4.69, 9.17) is 16.9 Å². The van der Waals surface area contributed by atoms with Crippen LogP contribution >= 0.6 is 0 Å². The average molecular weight is 461 g/mol. The van der Waals surface area contributed by atoms with E-state index in [1.54, 1.807) is 42.2 Å². The summed E-state index contributed by atoms with van der Waals surface area (Å²) < 4.78 is 39.3. The second-order valence-electron chi connectivity index (χ2n) is 8.18. The van der Waals surface area contributed by atoms with Crippen LogP contribution in [0.3, 0.4) is 0 Å². The molecule has 0 aliphatic carbocycles. The van der Waals surface area contributed by atoms with E-state index in [9.17, 15) is 22.8 Å². The van der Waals surface area contributed by atoms with Crippen molar-refractivity contribution in [2.24, 2.45) is 11.5 Å². The van der Waals surface area contributed by atoms with Crippen molar-refractivity contribution >= 4 is 17.6 Å². The number of likely N-dealkylation sites (tertiary alicyclic amines) is 1. The molecule has 1 saturated heterocycles. The van der Waals surface area contributed by atoms with Gasteiger partial charge in [-0.15, -0.1) is 0 Å². The topological polar surface area (TPSA) is 125 Å². The van der Waals surface area contributed by atoms with Gasteiger partial charge in [0.25, 0.3) is 0 Å². The van der Waals surface area contributed by atoms with Crippen LogP contribution in [0.5, 0.6) is 0 Å². The zero-order chi connectivity index (χ0) is 24.3. The summed E-state index contributed by atoms with van der Waals surface area (Å²) in [5.41, 5.74) is 12.1. The first-order valence-electron chi connectivity index (χ1n) is 10.4. The molecule has 7 nitrogen and oxygen atoms in total. The van der Waals surface area contributed by atoms with Crippen molar-refractivity contribution in [1.29, 1.82) is 5.41 Å². The maximum atomic E-state index is 13.1. The van der Waals surface area contributed by atoms with Crippen LogP contribution in [-0.2, 0) is 22.3 Å². The van der Waals surface area contributed by atoms with Gasteiger partial charge in [-0.2, -0.15) is 13.2 Å². The van der Waals surface area contributed by atoms with Crippen LogP contribution in [0.4, 0.5) is 13.2 Å². The first-order valence-corrected chi connectivity index (χ1v) is 10.4. The van der Waals surface area contributed by atoms with Crippen molar-refractivity contribution in [2.45, 2.75) is 44.1 Å². The number of carbonyl (C=O) groups is 2. The van der Waals surface area contributed by atoms with Crippen LogP contribution in [0.2, 0.25) is 0 Å². The molecular formula is C23H26F3N5O2. The SMILES string of the molecule is C[C@@H](C(=O)NCc1ccc(C(=N)N)cc1)N1CC(c2cccc(C(F)(F)F)c2)CC1C(N)=O. The van der Waals surface area contributed by atoms with Crippen LogP contribution in [0, 0.1) is 5.41 Å². The van der Waals surface area contributed by atoms with E-state index in [0.717, 1.165) is 17.7 Å². The van der Waals surface area contributed by atoms with E-state index in [2.05, 4.69) is 5.32 Å². The molecule has 2 aromatic rings. The molecule has 2 aromatic carbocycles. The lowest BCUT2D eigenvalue weighted by Gasteiger charge is -2.28. The molecule has 1 fully saturated rings. The van der Waals surface area contributed by atoms with Crippen LogP contribution in [0.25, 0.3) is 0 Å². The Labute approximate surface area is 189 Å². The number of rotatable bonds is 7. The standard InChI is InChI=1S/C23H26F3N5O2/c1-13(22(33)30-11-14-5-7-15(8-6-14)20(27)28)31-12-17(10-19(31)21(29)32)16-3-2-4-18(9-16)23(24,25)26/h2-9,13,17,19H,10-12H2,1H3,(H3,27,28)(H2,29,32)(H,30,33)/t13-,17?,19?/m0/s1. The molecule has 0 bridgehead atoms. The lowest BCUT2D eigenvalue weighted by molar-refractivity contribution is -0.137. The third-order valence-corrected chi connectivity index (χ3v) is 5.96. The number of primary amides is 1. The summed E-state index contributed by atoms with van der Waals surface area (Å²) in [4.78, 5) is 26.5. The maximum Gasteiger partial charge on any atom is 0.416 e. The number of carbonyl (C=O) groups excluding carboxylic acids is 2. The Morgan fingerprint density at radius 2 is 1.85 bits per heavy atom. The summed E-state index contributed by atoms with van der Waals surface area (Å²) in [6, 6.07) is 10.4. The van der Waals surface area contributed by atoms with Gasteiger partial charge in [-0.05, 0) is 36.5 Å². The number of hydrogen-bond acceptors (Lipinski definition) is 4. The lowest BCUT2D eigenvalue weighted by atomic mass is 9.94. The Kier molecular flexibility index (Phi) is 7.06. The smallest absolute Gasteiger partial charge is 0.384 e. The van der Waals surface area contributed by atoms with Gasteiger partial charge in [-0.3, -0.25) is 19.9 Å². The molecule has 6 N–H and O–H groups in total. The zero-order valence-corrected chi connectivity index (χ0v) is 18.0. The summed E-state index contributed by atoms with van der Waals surface area (Å²) in [5, 5.41) is 10.2. The molecule has 1 aliphatic rings. The van der Waals surface area contributed by atoms with Crippen molar-refractivity contribution in [3.63, 3.8) is 0 Å². The van der Waals surface area contributed by atoms with Gasteiger partial charge < -0.3 is 16.8 Å². The largest absolute Gasteiger partial charge is 0.416 e. The second kappa shape index (κ2) is 9.62. The highest BCUT2D eigenvalue weighted by atomic mass is 19.4. The number of hydrogen-bond donors (Lipinski definition) is 4. The van der Waals surface area contributed by atoms with Gasteiger partial charge in [0, 0.05) is 18.7 Å². The normalized spacial score (nSPS) is 19.8. The summed E-state index contributed by atoms with van der Waals surface area (Å²) in [6.45, 7) is 2.10. The van der Waals surface area contributed by atoms with Crippen molar-refractivity contribution < 1.29 is 22.8 Å². The Balaban J connectivity index is 1.69. The Morgan fingerprint density at radius 1 is 1.18 bits per heavy atom. The highest BCUT2D eigenvalue weighted by Crippen LogP contribution is 2.36. The number of amidine groups is 1. The third-order valence-electron chi connectivity index (χ3n) is 5.96. The molecule has 33 heavy (non-hydrogen) atoms. The van der Waals surface area contributed by atoms with Gasteiger partial charge >= 0.3 is 6.18 Å². The van der Waals surface area contributed by atoms with Gasteiger partial charge in [0.2, 0.25) is 11.8 Å². The molecule has 0 radical (unpaired) electrons. The third kappa shape index (κ3) is 5.70. The molecule has 3 atom stereocenters. The predicted octanol–water partition coefficient (Wildman–Crippen LogP) is 2.34. The summed E-state index contributed by atoms with van der Waals surface area (Å²) in [6.07, 6.45) is -4.23. The molecule has 0 saturated carbocycles. The number of halogens is 3. The lowest BCUT2D eigenvalue weighted by Crippen LogP contribution is -2.51. The number of nitrogens with two attached hydrogens (primary N) is 2. The first-order chi connectivity index (χ1) is 15.5. The number of nitrogen functional groups attached to an aromatic ring is 1. The minimum Gasteiger partial charge on any atom is -0.384 e. The van der Waals surface area contributed by atoms with Crippen LogP contribution in [-0.4, -0.2) is 41.2 Å². The fourth-order valence-corrected chi connectivity index (χ4v) is 4.07. The van der Waals surface area contributed by atoms with Gasteiger partial charge in [-0.1, -0.05) is 42.5 Å². The van der Waals surface area contributed by atoms with Gasteiger partial charge in [-0.25, -0.2) is 0 Å². The van der Waals surface area contributed by atoms with Crippen molar-refractivity contribution in [1.82, 2.24) is 10.2 Å². The Bertz CT molecular complexity index is 1040. The predicted molar refractivity (Wildman–Crippen MR) is 117 cm³/mol. The van der Waals surface area contributed by atoms with E-state index < -0.39 is 29.7 Å². The summed E-state index contributed by atoms with van der Waals surface area (Å²) in [5.74, 6) is -1.37. The van der Waals surface area contributed by atoms with Crippen molar-refractivity contribution in [3.05, 3.63) is 70.8 Å². The van der Waals surface area contributed by atoms with E-state index >= 15 is 0 Å². The molecule has 176 valence electrons. The molecule has 0 spiro atoms. The molecule has 2 amide bonds. The zero-order valence-electron chi connectivity index (χ0n) is 18.0. The number of nitrogens with zero attached hydrogens (tertiary/aromatic N) is 1.